The Morgan fingerprint density at radius 3 is 1.77 bits per heavy atom. The van der Waals surface area contributed by atoms with Crippen LogP contribution in [0.25, 0.3) is 37.5 Å². The molecule has 0 fully saturated rings. The zero-order valence-electron chi connectivity index (χ0n) is 32.8. The Hall–Kier alpha value is -5.90. The molecule has 2 N–H and O–H groups in total. The Balaban J connectivity index is 1.46. The van der Waals surface area contributed by atoms with Gasteiger partial charge < -0.3 is 13.9 Å². The fourth-order valence-corrected chi connectivity index (χ4v) is 10.3. The normalized spacial score (nSPS) is 12.4. The number of para-hydroxylation sites is 2. The summed E-state index contributed by atoms with van der Waals surface area (Å²) in [6.07, 6.45) is 3.04. The second-order valence-electron chi connectivity index (χ2n) is 13.9. The highest BCUT2D eigenvalue weighted by Crippen LogP contribution is 2.44. The zero-order valence-corrected chi connectivity index (χ0v) is 34.4. The molecule has 8 nitrogen and oxygen atoms in total. The van der Waals surface area contributed by atoms with Gasteiger partial charge in [0.05, 0.1) is 11.0 Å². The third kappa shape index (κ3) is 7.68. The number of aryl methyl sites for hydroxylation is 4. The summed E-state index contributed by atoms with van der Waals surface area (Å²) in [6, 6.07) is 27.8. The summed E-state index contributed by atoms with van der Waals surface area (Å²) in [5.41, 5.74) is 7.73. The van der Waals surface area contributed by atoms with E-state index in [2.05, 4.69) is 14.4 Å². The lowest BCUT2D eigenvalue weighted by atomic mass is 9.93. The number of anilines is 2. The zero-order chi connectivity index (χ0) is 43.1. The third-order valence-corrected chi connectivity index (χ3v) is 13.7. The molecule has 15 heteroatoms. The predicted octanol–water partition coefficient (Wildman–Crippen LogP) is 9.66. The Morgan fingerprint density at radius 2 is 1.17 bits per heavy atom. The largest absolute Gasteiger partial charge is 0.456 e. The Kier molecular flexibility index (Phi) is 11.7. The number of rotatable bonds is 12. The number of hydrogen-bond donors (Lipinski definition) is 2. The van der Waals surface area contributed by atoms with E-state index in [1.54, 1.807) is 36.4 Å². The molecule has 0 unspecified atom stereocenters. The van der Waals surface area contributed by atoms with E-state index in [0.29, 0.717) is 33.3 Å². The molecule has 1 aliphatic heterocycles. The highest BCUT2D eigenvalue weighted by atomic mass is 32.3. The predicted molar refractivity (Wildman–Crippen MR) is 220 cm³/mol. The van der Waals surface area contributed by atoms with Crippen LogP contribution in [0.1, 0.15) is 49.9 Å². The first kappa shape index (κ1) is 42.2. The first-order valence-electron chi connectivity index (χ1n) is 19.1. The van der Waals surface area contributed by atoms with Gasteiger partial charge in [-0.3, -0.25) is 0 Å². The van der Waals surface area contributed by atoms with Crippen LogP contribution in [0.15, 0.2) is 111 Å². The Labute approximate surface area is 343 Å². The summed E-state index contributed by atoms with van der Waals surface area (Å²) in [5, 5.41) is 4.56. The summed E-state index contributed by atoms with van der Waals surface area (Å²) in [4.78, 5) is 0.388. The molecule has 0 saturated heterocycles. The minimum atomic E-state index is -6.06. The van der Waals surface area contributed by atoms with Gasteiger partial charge in [0.2, 0.25) is 16.9 Å². The van der Waals surface area contributed by atoms with E-state index in [1.807, 2.05) is 64.1 Å². The van der Waals surface area contributed by atoms with Gasteiger partial charge in [0.25, 0.3) is 0 Å². The molecule has 0 saturated carbocycles. The quantitative estimate of drug-likeness (QED) is 0.0547. The topological polar surface area (TPSA) is 122 Å². The first-order valence-corrected chi connectivity index (χ1v) is 22.0. The van der Waals surface area contributed by atoms with Crippen LogP contribution in [0.4, 0.5) is 39.0 Å². The van der Waals surface area contributed by atoms with Crippen LogP contribution in [-0.4, -0.2) is 16.8 Å². The van der Waals surface area contributed by atoms with Crippen LogP contribution >= 0.6 is 0 Å². The van der Waals surface area contributed by atoms with Gasteiger partial charge in [-0.2, -0.15) is 0 Å². The van der Waals surface area contributed by atoms with Crippen molar-refractivity contribution in [3.8, 4) is 22.5 Å². The minimum absolute atomic E-state index is 0.0877. The van der Waals surface area contributed by atoms with E-state index >= 15 is 0 Å². The van der Waals surface area contributed by atoms with E-state index in [1.165, 1.54) is 18.2 Å². The maximum atomic E-state index is 14.7. The van der Waals surface area contributed by atoms with Gasteiger partial charge in [-0.25, -0.2) is 43.8 Å². The Morgan fingerprint density at radius 1 is 0.600 bits per heavy atom. The van der Waals surface area contributed by atoms with E-state index in [-0.39, 0.29) is 11.1 Å². The number of hydrogen-bond acceptors (Lipinski definition) is 6. The highest BCUT2D eigenvalue weighted by Gasteiger charge is 2.32. The van der Waals surface area contributed by atoms with Crippen LogP contribution in [0, 0.1) is 29.1 Å². The van der Waals surface area contributed by atoms with Gasteiger partial charge in [-0.15, -0.1) is 0 Å². The smallest absolute Gasteiger partial charge is 0.210 e. The van der Waals surface area contributed by atoms with Gasteiger partial charge in [0, 0.05) is 56.7 Å². The molecule has 0 spiro atoms. The monoisotopic (exact) mass is 859 g/mol. The molecule has 2 aliphatic rings. The van der Waals surface area contributed by atoms with Crippen molar-refractivity contribution in [3.05, 3.63) is 158 Å². The SMILES string of the molecule is CCc1cccc(CC)c1Nc1ccc2c(-c3ccccc3S(=O)(=O)[N-]S(=O)(=O)c3c(F)c(F)c(F)c(F)c3F)c3ccc(=[NH+]c4c(CC)cccc4CC)cc-3oc2c1. The molecule has 0 atom stereocenters. The average molecular weight is 860 g/mol. The van der Waals surface area contributed by atoms with Crippen molar-refractivity contribution in [2.24, 2.45) is 0 Å². The maximum Gasteiger partial charge on any atom is 0.210 e. The van der Waals surface area contributed by atoms with Crippen LogP contribution in [-0.2, 0) is 45.7 Å². The molecular formula is C45H38F5N3O5S2. The molecule has 0 aromatic heterocycles. The number of benzene rings is 6. The molecule has 7 rings (SSSR count). The summed E-state index contributed by atoms with van der Waals surface area (Å²) >= 11 is 0. The van der Waals surface area contributed by atoms with Crippen LogP contribution < -0.4 is 15.7 Å². The van der Waals surface area contributed by atoms with Crippen molar-refractivity contribution in [1.29, 1.82) is 0 Å². The molecule has 0 bridgehead atoms. The van der Waals surface area contributed by atoms with E-state index in [9.17, 15) is 38.8 Å². The molecule has 60 heavy (non-hydrogen) atoms. The summed E-state index contributed by atoms with van der Waals surface area (Å²) < 4.78 is 135. The summed E-state index contributed by atoms with van der Waals surface area (Å²) in [7, 11) is -11.5. The molecule has 0 radical (unpaired) electrons. The van der Waals surface area contributed by atoms with Gasteiger partial charge in [-0.05, 0) is 61.1 Å². The molecular weight excluding hydrogens is 822 g/mol. The van der Waals surface area contributed by atoms with Crippen LogP contribution in [0.3, 0.4) is 0 Å². The Bertz CT molecular complexity index is 3020. The number of nitrogens with zero attached hydrogens (tertiary/aromatic N) is 1. The lowest BCUT2D eigenvalue weighted by Gasteiger charge is -2.24. The molecule has 310 valence electrons. The molecule has 1 aliphatic carbocycles. The number of fused-ring (bicyclic) bond motifs is 2. The van der Waals surface area contributed by atoms with Crippen molar-refractivity contribution < 1.29 is 48.2 Å². The summed E-state index contributed by atoms with van der Waals surface area (Å²) in [5.74, 6) is -13.0. The molecule has 0 amide bonds. The number of sulfonamides is 2. The van der Waals surface area contributed by atoms with Gasteiger partial charge in [-0.1, -0.05) is 82.3 Å². The summed E-state index contributed by atoms with van der Waals surface area (Å²) in [6.45, 7) is 8.20. The lowest BCUT2D eigenvalue weighted by Crippen LogP contribution is -2.71. The standard InChI is InChI=1S/C45H37F5N3O5S2/c1-5-25-13-11-14-26(6-2)43(25)51-29-19-21-31-34(23-29)58-35-24-30(52-44-27(7-3)15-12-16-28(44)8-4)20-22-32(35)37(31)33-17-9-10-18-36(33)59(54,55)53-60(56,57)45-41(49)39(47)38(46)40(48)42(45)50/h9-24,51H,5-8H2,1-4H3/q-1/p+1. The van der Waals surface area contributed by atoms with Gasteiger partial charge >= 0.3 is 0 Å². The molecule has 5 aromatic carbocycles. The van der Waals surface area contributed by atoms with E-state index in [4.69, 9.17) is 4.42 Å². The highest BCUT2D eigenvalue weighted by molar-refractivity contribution is 8.12. The molecule has 1 heterocycles. The van der Waals surface area contributed by atoms with Crippen LogP contribution in [0.2, 0.25) is 0 Å². The second kappa shape index (κ2) is 16.6. The molecule has 5 aromatic rings. The maximum absolute atomic E-state index is 14.7. The van der Waals surface area contributed by atoms with E-state index < -0.39 is 58.9 Å². The van der Waals surface area contributed by atoms with Crippen molar-refractivity contribution in [2.75, 3.05) is 5.32 Å². The number of halogens is 5. The van der Waals surface area contributed by atoms with E-state index in [0.717, 1.165) is 65.4 Å². The minimum Gasteiger partial charge on any atom is -0.456 e. The lowest BCUT2D eigenvalue weighted by molar-refractivity contribution is -0.403. The third-order valence-electron chi connectivity index (χ3n) is 10.3. The first-order chi connectivity index (χ1) is 28.6. The van der Waals surface area contributed by atoms with Crippen molar-refractivity contribution in [2.45, 2.75) is 63.2 Å². The van der Waals surface area contributed by atoms with Crippen LogP contribution in [0.5, 0.6) is 0 Å². The van der Waals surface area contributed by atoms with Gasteiger partial charge in [0.1, 0.15) is 36.3 Å². The van der Waals surface area contributed by atoms with Crippen molar-refractivity contribution in [3.63, 3.8) is 0 Å². The fraction of sp³-hybridized carbons (Fsp3) is 0.178. The number of nitrogens with one attached hydrogen (secondary N) is 2. The van der Waals surface area contributed by atoms with Crippen molar-refractivity contribution >= 4 is 48.1 Å². The fourth-order valence-electron chi connectivity index (χ4n) is 7.35. The second-order valence-corrected chi connectivity index (χ2v) is 17.2. The average Bonchev–Trinajstić information content (AvgIpc) is 3.23. The van der Waals surface area contributed by atoms with Crippen molar-refractivity contribution in [1.82, 2.24) is 0 Å². The van der Waals surface area contributed by atoms with Gasteiger partial charge in [0.15, 0.2) is 23.3 Å².